The Morgan fingerprint density at radius 3 is 3.00 bits per heavy atom. The molecule has 1 aromatic heterocycles. The first-order valence-electron chi connectivity index (χ1n) is 2.44. The maximum atomic E-state index is 4.79. The van der Waals surface area contributed by atoms with E-state index in [2.05, 4.69) is 15.3 Å². The Balaban J connectivity index is 2.85. The van der Waals surface area contributed by atoms with Crippen LogP contribution < -0.4 is 5.84 Å². The van der Waals surface area contributed by atoms with E-state index in [1.165, 1.54) is 0 Å². The van der Waals surface area contributed by atoms with Gasteiger partial charge < -0.3 is 5.84 Å². The second-order valence-electron chi connectivity index (χ2n) is 1.43. The standard InChI is InChI=1S/C5H6N4/c6-9-8-5-2-1-3-7-4-5/h1-4H,(H2,6,8). The number of nitrogens with zero attached hydrogens (tertiary/aromatic N) is 3. The Morgan fingerprint density at radius 2 is 2.44 bits per heavy atom. The summed E-state index contributed by atoms with van der Waals surface area (Å²) in [7, 11) is 0. The van der Waals surface area contributed by atoms with Gasteiger partial charge in [-0.2, -0.15) is 0 Å². The fourth-order valence-electron chi connectivity index (χ4n) is 0.480. The Morgan fingerprint density at radius 1 is 1.56 bits per heavy atom. The molecule has 0 aliphatic rings. The van der Waals surface area contributed by atoms with E-state index >= 15 is 0 Å². The highest BCUT2D eigenvalue weighted by atomic mass is 15.3. The van der Waals surface area contributed by atoms with Crippen molar-refractivity contribution in [3.05, 3.63) is 24.5 Å². The molecular formula is C5H6N4. The Bertz CT molecular complexity index is 193. The summed E-state index contributed by atoms with van der Waals surface area (Å²) in [5.41, 5.74) is 0.667. The molecule has 0 bridgehead atoms. The maximum absolute atomic E-state index is 4.79. The first-order chi connectivity index (χ1) is 4.43. The smallest absolute Gasteiger partial charge is 0.106 e. The van der Waals surface area contributed by atoms with Gasteiger partial charge in [-0.25, -0.2) is 0 Å². The van der Waals surface area contributed by atoms with Crippen molar-refractivity contribution in [2.24, 2.45) is 16.2 Å². The molecule has 0 aliphatic carbocycles. The molecule has 0 aromatic carbocycles. The van der Waals surface area contributed by atoms with Gasteiger partial charge in [0.1, 0.15) is 5.69 Å². The van der Waals surface area contributed by atoms with E-state index in [1.54, 1.807) is 24.5 Å². The molecule has 0 saturated carbocycles. The molecule has 1 aromatic rings. The van der Waals surface area contributed by atoms with Gasteiger partial charge in [0, 0.05) is 6.20 Å². The minimum atomic E-state index is 0.667. The summed E-state index contributed by atoms with van der Waals surface area (Å²) in [6, 6.07) is 3.54. The lowest BCUT2D eigenvalue weighted by molar-refractivity contribution is 1.05. The summed E-state index contributed by atoms with van der Waals surface area (Å²) < 4.78 is 0. The van der Waals surface area contributed by atoms with Crippen molar-refractivity contribution < 1.29 is 0 Å². The van der Waals surface area contributed by atoms with Crippen molar-refractivity contribution in [2.75, 3.05) is 0 Å². The highest BCUT2D eigenvalue weighted by molar-refractivity contribution is 5.30. The van der Waals surface area contributed by atoms with E-state index in [1.807, 2.05) is 0 Å². The molecular weight excluding hydrogens is 116 g/mol. The van der Waals surface area contributed by atoms with E-state index in [0.29, 0.717) is 5.69 Å². The molecule has 4 nitrogen and oxygen atoms in total. The monoisotopic (exact) mass is 122 g/mol. The van der Waals surface area contributed by atoms with Crippen LogP contribution in [0.1, 0.15) is 0 Å². The highest BCUT2D eigenvalue weighted by Gasteiger charge is 1.81. The molecule has 0 fully saturated rings. The van der Waals surface area contributed by atoms with Crippen LogP contribution in [0, 0.1) is 0 Å². The van der Waals surface area contributed by atoms with Crippen molar-refractivity contribution in [1.82, 2.24) is 4.98 Å². The lowest BCUT2D eigenvalue weighted by Gasteiger charge is -1.84. The van der Waals surface area contributed by atoms with Crippen LogP contribution in [-0.2, 0) is 0 Å². The summed E-state index contributed by atoms with van der Waals surface area (Å²) in [4.78, 5) is 3.79. The lowest BCUT2D eigenvalue weighted by atomic mass is 10.4. The zero-order chi connectivity index (χ0) is 6.53. The van der Waals surface area contributed by atoms with Crippen LogP contribution in [0.25, 0.3) is 0 Å². The molecule has 0 unspecified atom stereocenters. The molecule has 1 heterocycles. The molecule has 0 radical (unpaired) electrons. The lowest BCUT2D eigenvalue weighted by Crippen LogP contribution is -1.73. The van der Waals surface area contributed by atoms with Gasteiger partial charge in [-0.3, -0.25) is 4.98 Å². The van der Waals surface area contributed by atoms with Crippen LogP contribution in [0.2, 0.25) is 0 Å². The minimum Gasteiger partial charge on any atom is -0.305 e. The topological polar surface area (TPSA) is 63.6 Å². The number of pyridine rings is 1. The Hall–Kier alpha value is -1.45. The van der Waals surface area contributed by atoms with Crippen LogP contribution in [0.3, 0.4) is 0 Å². The van der Waals surface area contributed by atoms with Crippen LogP contribution in [0.4, 0.5) is 5.69 Å². The van der Waals surface area contributed by atoms with Crippen molar-refractivity contribution in [3.8, 4) is 0 Å². The molecule has 0 spiro atoms. The second-order valence-corrected chi connectivity index (χ2v) is 1.43. The van der Waals surface area contributed by atoms with Gasteiger partial charge >= 0.3 is 0 Å². The summed E-state index contributed by atoms with van der Waals surface area (Å²) in [5.74, 6) is 4.79. The van der Waals surface area contributed by atoms with E-state index in [-0.39, 0.29) is 0 Å². The number of hydrogen-bond donors (Lipinski definition) is 1. The number of rotatable bonds is 1. The fourth-order valence-corrected chi connectivity index (χ4v) is 0.480. The average molecular weight is 122 g/mol. The predicted molar refractivity (Wildman–Crippen MR) is 32.9 cm³/mol. The van der Waals surface area contributed by atoms with Crippen LogP contribution >= 0.6 is 0 Å². The predicted octanol–water partition coefficient (Wildman–Crippen LogP) is 1.04. The van der Waals surface area contributed by atoms with Crippen molar-refractivity contribution in [2.45, 2.75) is 0 Å². The third-order valence-corrected chi connectivity index (χ3v) is 0.819. The molecule has 46 valence electrons. The average Bonchev–Trinajstić information content (AvgIpc) is 1.91. The van der Waals surface area contributed by atoms with Gasteiger partial charge in [0.25, 0.3) is 0 Å². The molecule has 4 heteroatoms. The van der Waals surface area contributed by atoms with Gasteiger partial charge in [-0.1, -0.05) is 5.22 Å². The number of hydrogen-bond acceptors (Lipinski definition) is 3. The van der Waals surface area contributed by atoms with E-state index in [9.17, 15) is 0 Å². The molecule has 0 saturated heterocycles. The SMILES string of the molecule is NN=Nc1cccnc1. The molecule has 1 rings (SSSR count). The molecule has 2 N–H and O–H groups in total. The van der Waals surface area contributed by atoms with E-state index < -0.39 is 0 Å². The quantitative estimate of drug-likeness (QED) is 0.343. The second kappa shape index (κ2) is 2.76. The first-order valence-corrected chi connectivity index (χ1v) is 2.44. The Kier molecular flexibility index (Phi) is 1.74. The molecule has 0 amide bonds. The van der Waals surface area contributed by atoms with Crippen molar-refractivity contribution in [3.63, 3.8) is 0 Å². The number of aromatic nitrogens is 1. The highest BCUT2D eigenvalue weighted by Crippen LogP contribution is 2.06. The zero-order valence-corrected chi connectivity index (χ0v) is 4.73. The van der Waals surface area contributed by atoms with Gasteiger partial charge in [0.05, 0.1) is 6.20 Å². The van der Waals surface area contributed by atoms with Gasteiger partial charge in [0.15, 0.2) is 0 Å². The largest absolute Gasteiger partial charge is 0.305 e. The van der Waals surface area contributed by atoms with Crippen LogP contribution in [0.15, 0.2) is 34.9 Å². The van der Waals surface area contributed by atoms with E-state index in [0.717, 1.165) is 0 Å². The molecule has 9 heavy (non-hydrogen) atoms. The van der Waals surface area contributed by atoms with E-state index in [4.69, 9.17) is 5.84 Å². The first kappa shape index (κ1) is 5.68. The minimum absolute atomic E-state index is 0.667. The summed E-state index contributed by atoms with van der Waals surface area (Å²) >= 11 is 0. The van der Waals surface area contributed by atoms with Crippen molar-refractivity contribution in [1.29, 1.82) is 0 Å². The third kappa shape index (κ3) is 1.49. The summed E-state index contributed by atoms with van der Waals surface area (Å²) in [6.45, 7) is 0. The van der Waals surface area contributed by atoms with Gasteiger partial charge in [0.2, 0.25) is 0 Å². The molecule has 0 aliphatic heterocycles. The maximum Gasteiger partial charge on any atom is 0.106 e. The summed E-state index contributed by atoms with van der Waals surface area (Å²) in [5, 5.41) is 6.64. The molecule has 0 atom stereocenters. The van der Waals surface area contributed by atoms with Crippen LogP contribution in [0.5, 0.6) is 0 Å². The van der Waals surface area contributed by atoms with Gasteiger partial charge in [-0.15, -0.1) is 5.11 Å². The van der Waals surface area contributed by atoms with Crippen molar-refractivity contribution >= 4 is 5.69 Å². The van der Waals surface area contributed by atoms with Crippen LogP contribution in [-0.4, -0.2) is 4.98 Å². The normalized spacial score (nSPS) is 10.2. The fraction of sp³-hybridized carbons (Fsp3) is 0. The number of nitrogens with two attached hydrogens (primary N) is 1. The Labute approximate surface area is 52.4 Å². The third-order valence-electron chi connectivity index (χ3n) is 0.819. The van der Waals surface area contributed by atoms with Gasteiger partial charge in [-0.05, 0) is 12.1 Å². The summed E-state index contributed by atoms with van der Waals surface area (Å²) in [6.07, 6.45) is 3.24. The zero-order valence-electron chi connectivity index (χ0n) is 4.73.